The molecule has 1 heterocycles. The molecule has 0 saturated heterocycles. The van der Waals surface area contributed by atoms with Gasteiger partial charge in [-0.1, -0.05) is 30.0 Å². The number of para-hydroxylation sites is 1. The smallest absolute Gasteiger partial charge is 0.305 e. The van der Waals surface area contributed by atoms with Crippen LogP contribution < -0.4 is 0 Å². The Bertz CT molecular complexity index is 700. The highest BCUT2D eigenvalue weighted by molar-refractivity contribution is 7.98. The number of imidazole rings is 1. The second-order valence-corrected chi connectivity index (χ2v) is 5.98. The summed E-state index contributed by atoms with van der Waals surface area (Å²) in [7, 11) is 3.08. The molecule has 1 aromatic heterocycles. The summed E-state index contributed by atoms with van der Waals surface area (Å²) in [4.78, 5) is 29.9. The number of nitrogens with zero attached hydrogens (tertiary/aromatic N) is 3. The minimum absolute atomic E-state index is 0.128. The fourth-order valence-corrected chi connectivity index (χ4v) is 2.86. The van der Waals surface area contributed by atoms with E-state index in [2.05, 4.69) is 9.72 Å². The van der Waals surface area contributed by atoms with Crippen molar-refractivity contribution in [3.8, 4) is 5.69 Å². The average Bonchev–Trinajstić information content (AvgIpc) is 3.05. The van der Waals surface area contributed by atoms with Crippen molar-refractivity contribution in [3.63, 3.8) is 0 Å². The van der Waals surface area contributed by atoms with Crippen LogP contribution in [0.1, 0.15) is 23.3 Å². The Labute approximate surface area is 145 Å². The molecule has 0 radical (unpaired) electrons. The number of aromatic nitrogens is 2. The topological polar surface area (TPSA) is 64.4 Å². The van der Waals surface area contributed by atoms with Gasteiger partial charge in [0.2, 0.25) is 0 Å². The molecule has 0 bridgehead atoms. The highest BCUT2D eigenvalue weighted by Gasteiger charge is 2.20. The fourth-order valence-electron chi connectivity index (χ4n) is 2.32. The van der Waals surface area contributed by atoms with Gasteiger partial charge in [0.15, 0.2) is 5.16 Å². The molecule has 0 unspecified atom stereocenters. The quantitative estimate of drug-likeness (QED) is 0.569. The first kappa shape index (κ1) is 18.1. The number of rotatable bonds is 7. The van der Waals surface area contributed by atoms with Gasteiger partial charge in [-0.25, -0.2) is 4.98 Å². The van der Waals surface area contributed by atoms with Crippen LogP contribution in [0.4, 0.5) is 0 Å². The first-order valence-corrected chi connectivity index (χ1v) is 8.80. The molecule has 0 N–H and O–H groups in total. The first-order chi connectivity index (χ1) is 11.6. The second-order valence-electron chi connectivity index (χ2n) is 5.21. The molecule has 0 atom stereocenters. The van der Waals surface area contributed by atoms with E-state index in [4.69, 9.17) is 0 Å². The molecular weight excluding hydrogens is 326 g/mol. The maximum absolute atomic E-state index is 12.8. The van der Waals surface area contributed by atoms with Crippen molar-refractivity contribution in [2.24, 2.45) is 0 Å². The van der Waals surface area contributed by atoms with Gasteiger partial charge in [0.05, 0.1) is 13.3 Å². The summed E-state index contributed by atoms with van der Waals surface area (Å²) < 4.78 is 6.46. The summed E-state index contributed by atoms with van der Waals surface area (Å²) in [6.45, 7) is 0.475. The number of hydrogen-bond acceptors (Lipinski definition) is 5. The van der Waals surface area contributed by atoms with Crippen LogP contribution >= 0.6 is 11.8 Å². The lowest BCUT2D eigenvalue weighted by molar-refractivity contribution is -0.140. The lowest BCUT2D eigenvalue weighted by Gasteiger charge is -2.18. The zero-order valence-electron chi connectivity index (χ0n) is 14.1. The highest BCUT2D eigenvalue weighted by atomic mass is 32.2. The predicted molar refractivity (Wildman–Crippen MR) is 93.6 cm³/mol. The van der Waals surface area contributed by atoms with Gasteiger partial charge in [-0.05, 0) is 24.8 Å². The molecule has 0 fully saturated rings. The maximum atomic E-state index is 12.8. The van der Waals surface area contributed by atoms with Crippen LogP contribution in [0.15, 0.2) is 41.7 Å². The van der Waals surface area contributed by atoms with Crippen LogP contribution in [0.25, 0.3) is 5.69 Å². The number of ether oxygens (including phenoxy) is 1. The fraction of sp³-hybridized carbons (Fsp3) is 0.353. The number of thioether (sulfide) groups is 1. The van der Waals surface area contributed by atoms with Crippen molar-refractivity contribution in [1.82, 2.24) is 14.5 Å². The SMILES string of the molecule is COC(=O)CCCN(C)C(=O)c1cnc(SC)n1-c1ccccc1. The largest absolute Gasteiger partial charge is 0.469 e. The van der Waals surface area contributed by atoms with Gasteiger partial charge in [0.25, 0.3) is 5.91 Å². The lowest BCUT2D eigenvalue weighted by atomic mass is 10.2. The number of amides is 1. The molecular formula is C17H21N3O3S. The van der Waals surface area contributed by atoms with Gasteiger partial charge in [0.1, 0.15) is 5.69 Å². The second kappa shape index (κ2) is 8.54. The van der Waals surface area contributed by atoms with Crippen molar-refractivity contribution >= 4 is 23.6 Å². The molecule has 2 rings (SSSR count). The third-order valence-electron chi connectivity index (χ3n) is 3.59. The van der Waals surface area contributed by atoms with Gasteiger partial charge in [0, 0.05) is 25.7 Å². The molecule has 0 aliphatic carbocycles. The molecule has 1 aromatic carbocycles. The van der Waals surface area contributed by atoms with Crippen molar-refractivity contribution < 1.29 is 14.3 Å². The monoisotopic (exact) mass is 347 g/mol. The molecule has 0 aliphatic rings. The molecule has 0 aliphatic heterocycles. The Hall–Kier alpha value is -2.28. The normalized spacial score (nSPS) is 10.5. The van der Waals surface area contributed by atoms with Crippen molar-refractivity contribution in [1.29, 1.82) is 0 Å². The summed E-state index contributed by atoms with van der Waals surface area (Å²) >= 11 is 1.48. The Morgan fingerprint density at radius 2 is 2.00 bits per heavy atom. The maximum Gasteiger partial charge on any atom is 0.305 e. The number of carbonyl (C=O) groups excluding carboxylic acids is 2. The summed E-state index contributed by atoms with van der Waals surface area (Å²) in [6.07, 6.45) is 4.37. The predicted octanol–water partition coefficient (Wildman–Crippen LogP) is 2.62. The van der Waals surface area contributed by atoms with E-state index < -0.39 is 0 Å². The van der Waals surface area contributed by atoms with Gasteiger partial charge >= 0.3 is 5.97 Å². The van der Waals surface area contributed by atoms with E-state index in [0.29, 0.717) is 25.1 Å². The minimum Gasteiger partial charge on any atom is -0.469 e. The average molecular weight is 347 g/mol. The third kappa shape index (κ3) is 4.17. The Morgan fingerprint density at radius 3 is 2.62 bits per heavy atom. The number of benzene rings is 1. The van der Waals surface area contributed by atoms with Crippen molar-refractivity contribution in [2.45, 2.75) is 18.0 Å². The molecule has 7 heteroatoms. The summed E-state index contributed by atoms with van der Waals surface area (Å²) in [5.41, 5.74) is 1.40. The number of esters is 1. The number of methoxy groups -OCH3 is 1. The van der Waals surface area contributed by atoms with Crippen LogP contribution in [0, 0.1) is 0 Å². The van der Waals surface area contributed by atoms with E-state index in [9.17, 15) is 9.59 Å². The van der Waals surface area contributed by atoms with Crippen LogP contribution in [0.2, 0.25) is 0 Å². The van der Waals surface area contributed by atoms with Gasteiger partial charge in [-0.3, -0.25) is 14.2 Å². The number of carbonyl (C=O) groups is 2. The van der Waals surface area contributed by atoms with Crippen molar-refractivity contribution in [2.75, 3.05) is 27.0 Å². The van der Waals surface area contributed by atoms with Crippen LogP contribution in [0.5, 0.6) is 0 Å². The molecule has 24 heavy (non-hydrogen) atoms. The van der Waals surface area contributed by atoms with Crippen molar-refractivity contribution in [3.05, 3.63) is 42.2 Å². The Kier molecular flexibility index (Phi) is 6.43. The highest BCUT2D eigenvalue weighted by Crippen LogP contribution is 2.22. The van der Waals surface area contributed by atoms with Gasteiger partial charge in [-0.15, -0.1) is 0 Å². The van der Waals surface area contributed by atoms with Gasteiger partial charge < -0.3 is 9.64 Å². The molecule has 128 valence electrons. The van der Waals surface area contributed by atoms with E-state index in [1.807, 2.05) is 41.2 Å². The molecule has 0 saturated carbocycles. The van der Waals surface area contributed by atoms with E-state index in [1.165, 1.54) is 18.9 Å². The zero-order valence-corrected chi connectivity index (χ0v) is 14.9. The Balaban J connectivity index is 2.18. The van der Waals surface area contributed by atoms with Gasteiger partial charge in [-0.2, -0.15) is 0 Å². The first-order valence-electron chi connectivity index (χ1n) is 7.58. The summed E-state index contributed by atoms with van der Waals surface area (Å²) in [5.74, 6) is -0.397. The van der Waals surface area contributed by atoms with Crippen LogP contribution in [-0.2, 0) is 9.53 Å². The van der Waals surface area contributed by atoms with Crippen LogP contribution in [-0.4, -0.2) is 53.3 Å². The molecule has 0 spiro atoms. The minimum atomic E-state index is -0.269. The van der Waals surface area contributed by atoms with Crippen LogP contribution in [0.3, 0.4) is 0 Å². The summed E-state index contributed by atoms with van der Waals surface area (Å²) in [6, 6.07) is 9.66. The molecule has 6 nitrogen and oxygen atoms in total. The van der Waals surface area contributed by atoms with E-state index >= 15 is 0 Å². The Morgan fingerprint density at radius 1 is 1.29 bits per heavy atom. The standard InChI is InChI=1S/C17H21N3O3S/c1-19(11-7-10-15(21)23-2)16(22)14-12-18-17(24-3)20(14)13-8-5-4-6-9-13/h4-6,8-9,12H,7,10-11H2,1-3H3. The molecule has 1 amide bonds. The van der Waals surface area contributed by atoms with E-state index in [0.717, 1.165) is 10.8 Å². The zero-order chi connectivity index (χ0) is 17.5. The summed E-state index contributed by atoms with van der Waals surface area (Å²) in [5, 5.41) is 0.757. The molecule has 2 aromatic rings. The van der Waals surface area contributed by atoms with E-state index in [-0.39, 0.29) is 11.9 Å². The number of hydrogen-bond donors (Lipinski definition) is 0. The third-order valence-corrected chi connectivity index (χ3v) is 4.25. The van der Waals surface area contributed by atoms with E-state index in [1.54, 1.807) is 18.1 Å². The lowest BCUT2D eigenvalue weighted by Crippen LogP contribution is -2.29.